The molecule has 0 fully saturated rings. The monoisotopic (exact) mass is 451 g/mol. The number of carbonyl (C=O) groups excluding carboxylic acids is 1. The van der Waals surface area contributed by atoms with Gasteiger partial charge < -0.3 is 14.1 Å². The third-order valence-electron chi connectivity index (χ3n) is 6.01. The maximum Gasteiger partial charge on any atom is 0.290 e. The lowest BCUT2D eigenvalue weighted by Gasteiger charge is -2.25. The Morgan fingerprint density at radius 1 is 1.09 bits per heavy atom. The topological polar surface area (TPSA) is 59.8 Å². The molecular formula is C26H29NO4S. The molecule has 1 aliphatic heterocycles. The van der Waals surface area contributed by atoms with E-state index in [1.807, 2.05) is 70.3 Å². The first-order chi connectivity index (χ1) is 15.3. The molecule has 1 aromatic heterocycles. The molecule has 0 aliphatic carbocycles. The Kier molecular flexibility index (Phi) is 6.45. The van der Waals surface area contributed by atoms with Gasteiger partial charge in [0.1, 0.15) is 5.58 Å². The van der Waals surface area contributed by atoms with E-state index in [0.717, 1.165) is 21.6 Å². The predicted molar refractivity (Wildman–Crippen MR) is 129 cm³/mol. The van der Waals surface area contributed by atoms with Crippen molar-refractivity contribution < 1.29 is 13.9 Å². The number of hydrogen-bond donors (Lipinski definition) is 0. The van der Waals surface area contributed by atoms with E-state index in [4.69, 9.17) is 9.15 Å². The number of benzene rings is 2. The number of carbonyl (C=O) groups is 1. The highest BCUT2D eigenvalue weighted by atomic mass is 32.2. The highest BCUT2D eigenvalue weighted by Crippen LogP contribution is 2.39. The summed E-state index contributed by atoms with van der Waals surface area (Å²) in [6.07, 6.45) is 2.84. The molecule has 32 heavy (non-hydrogen) atoms. The fourth-order valence-electron chi connectivity index (χ4n) is 4.19. The fraction of sp³-hybridized carbons (Fsp3) is 0.385. The van der Waals surface area contributed by atoms with Crippen LogP contribution in [-0.2, 0) is 4.74 Å². The van der Waals surface area contributed by atoms with Gasteiger partial charge in [0, 0.05) is 18.0 Å². The second-order valence-electron chi connectivity index (χ2n) is 8.55. The van der Waals surface area contributed by atoms with Crippen LogP contribution in [0.15, 0.2) is 50.5 Å². The number of hydrogen-bond acceptors (Lipinski definition) is 5. The number of ether oxygens (including phenoxy) is 1. The number of nitrogens with zero attached hydrogens (tertiary/aromatic N) is 1. The Hall–Kier alpha value is -2.57. The lowest BCUT2D eigenvalue weighted by atomic mass is 9.97. The van der Waals surface area contributed by atoms with Gasteiger partial charge in [0.25, 0.3) is 5.91 Å². The van der Waals surface area contributed by atoms with Crippen LogP contribution in [0.25, 0.3) is 11.0 Å². The van der Waals surface area contributed by atoms with Crippen molar-refractivity contribution in [2.75, 3.05) is 19.4 Å². The first-order valence-electron chi connectivity index (χ1n) is 11.0. The van der Waals surface area contributed by atoms with Crippen molar-refractivity contribution in [3.63, 3.8) is 0 Å². The van der Waals surface area contributed by atoms with Crippen molar-refractivity contribution in [2.45, 2.75) is 51.2 Å². The SMILES string of the molecule is CSc1ccc([C@@H]2c3c(oc4cc(C)c(C)cc4c3=O)C(=O)N2CCCOC(C)C)cc1. The molecule has 0 bridgehead atoms. The summed E-state index contributed by atoms with van der Waals surface area (Å²) in [5.41, 5.74) is 3.74. The number of rotatable bonds is 7. The number of thioether (sulfide) groups is 1. The van der Waals surface area contributed by atoms with E-state index in [-0.39, 0.29) is 23.2 Å². The third-order valence-corrected chi connectivity index (χ3v) is 6.75. The maximum absolute atomic E-state index is 13.6. The quantitative estimate of drug-likeness (QED) is 0.351. The molecule has 2 aromatic carbocycles. The van der Waals surface area contributed by atoms with Crippen LogP contribution in [0.3, 0.4) is 0 Å². The summed E-state index contributed by atoms with van der Waals surface area (Å²) in [5, 5.41) is 0.523. The van der Waals surface area contributed by atoms with Gasteiger partial charge in [-0.25, -0.2) is 0 Å². The first-order valence-corrected chi connectivity index (χ1v) is 12.2. The van der Waals surface area contributed by atoms with Gasteiger partial charge in [-0.3, -0.25) is 9.59 Å². The summed E-state index contributed by atoms with van der Waals surface area (Å²) in [7, 11) is 0. The van der Waals surface area contributed by atoms with Crippen LogP contribution in [0.5, 0.6) is 0 Å². The van der Waals surface area contributed by atoms with Gasteiger partial charge in [-0.05, 0) is 81.3 Å². The Balaban J connectivity index is 1.83. The molecule has 6 heteroatoms. The Bertz CT molecular complexity index is 1210. The van der Waals surface area contributed by atoms with Gasteiger partial charge in [0.05, 0.1) is 23.1 Å². The van der Waals surface area contributed by atoms with Crippen LogP contribution in [0, 0.1) is 13.8 Å². The van der Waals surface area contributed by atoms with Crippen molar-refractivity contribution in [3.8, 4) is 0 Å². The van der Waals surface area contributed by atoms with Crippen LogP contribution in [-0.4, -0.2) is 36.3 Å². The van der Waals surface area contributed by atoms with E-state index >= 15 is 0 Å². The minimum atomic E-state index is -0.463. The Morgan fingerprint density at radius 3 is 2.44 bits per heavy atom. The van der Waals surface area contributed by atoms with Crippen molar-refractivity contribution in [1.29, 1.82) is 0 Å². The van der Waals surface area contributed by atoms with Gasteiger partial charge in [-0.2, -0.15) is 0 Å². The van der Waals surface area contributed by atoms with Crippen LogP contribution >= 0.6 is 11.8 Å². The highest BCUT2D eigenvalue weighted by molar-refractivity contribution is 7.98. The minimum absolute atomic E-state index is 0.127. The molecule has 1 atom stereocenters. The molecule has 0 saturated heterocycles. The van der Waals surface area contributed by atoms with E-state index in [9.17, 15) is 9.59 Å². The van der Waals surface area contributed by atoms with Crippen molar-refractivity contribution in [1.82, 2.24) is 4.90 Å². The standard InChI is InChI=1S/C26H29NO4S/c1-15(2)30-12-6-11-27-23(18-7-9-19(32-5)10-8-18)22-24(28)20-13-16(3)17(4)14-21(20)31-25(22)26(27)29/h7-10,13-15,23H,6,11-12H2,1-5H3/t23-/m1/s1. The molecule has 0 spiro atoms. The molecule has 3 aromatic rings. The zero-order valence-corrected chi connectivity index (χ0v) is 20.0. The van der Waals surface area contributed by atoms with Crippen molar-refractivity contribution in [2.24, 2.45) is 0 Å². The van der Waals surface area contributed by atoms with Crippen LogP contribution in [0.4, 0.5) is 0 Å². The second kappa shape index (κ2) is 9.12. The summed E-state index contributed by atoms with van der Waals surface area (Å²) >= 11 is 1.66. The normalized spacial score (nSPS) is 15.8. The summed E-state index contributed by atoms with van der Waals surface area (Å²) in [5.74, 6) is -0.0739. The average molecular weight is 452 g/mol. The summed E-state index contributed by atoms with van der Waals surface area (Å²) in [6, 6.07) is 11.3. The summed E-state index contributed by atoms with van der Waals surface area (Å²) < 4.78 is 11.8. The molecule has 0 N–H and O–H groups in total. The molecular weight excluding hydrogens is 422 g/mol. The van der Waals surface area contributed by atoms with Crippen molar-refractivity contribution in [3.05, 3.63) is 74.6 Å². The number of amides is 1. The second-order valence-corrected chi connectivity index (χ2v) is 9.43. The van der Waals surface area contributed by atoms with Crippen molar-refractivity contribution >= 4 is 28.6 Å². The van der Waals surface area contributed by atoms with Gasteiger partial charge in [-0.15, -0.1) is 11.8 Å². The summed E-state index contributed by atoms with van der Waals surface area (Å²) in [4.78, 5) is 29.9. The number of aryl methyl sites for hydroxylation is 2. The lowest BCUT2D eigenvalue weighted by molar-refractivity contribution is 0.0593. The molecule has 168 valence electrons. The largest absolute Gasteiger partial charge is 0.450 e. The van der Waals surface area contributed by atoms with E-state index in [0.29, 0.717) is 36.1 Å². The predicted octanol–water partition coefficient (Wildman–Crippen LogP) is 5.49. The van der Waals surface area contributed by atoms with E-state index in [1.165, 1.54) is 0 Å². The Morgan fingerprint density at radius 2 is 1.78 bits per heavy atom. The molecule has 5 nitrogen and oxygen atoms in total. The van der Waals surface area contributed by atoms with E-state index in [1.54, 1.807) is 16.7 Å². The highest BCUT2D eigenvalue weighted by Gasteiger charge is 2.42. The van der Waals surface area contributed by atoms with E-state index in [2.05, 4.69) is 0 Å². The molecule has 0 unspecified atom stereocenters. The fourth-order valence-corrected chi connectivity index (χ4v) is 4.60. The average Bonchev–Trinajstić information content (AvgIpc) is 3.05. The van der Waals surface area contributed by atoms with Crippen LogP contribution < -0.4 is 5.43 Å². The Labute approximate surface area is 192 Å². The molecule has 0 saturated carbocycles. The van der Waals surface area contributed by atoms with Gasteiger partial charge in [-0.1, -0.05) is 12.1 Å². The molecule has 4 rings (SSSR count). The van der Waals surface area contributed by atoms with Crippen LogP contribution in [0.2, 0.25) is 0 Å². The minimum Gasteiger partial charge on any atom is -0.450 e. The number of fused-ring (bicyclic) bond motifs is 2. The van der Waals surface area contributed by atoms with Gasteiger partial charge >= 0.3 is 0 Å². The maximum atomic E-state index is 13.6. The zero-order chi connectivity index (χ0) is 23.0. The molecule has 0 radical (unpaired) electrons. The van der Waals surface area contributed by atoms with Gasteiger partial charge in [0.15, 0.2) is 5.43 Å². The van der Waals surface area contributed by atoms with E-state index < -0.39 is 6.04 Å². The molecule has 1 amide bonds. The molecule has 2 heterocycles. The molecule has 1 aliphatic rings. The summed E-state index contributed by atoms with van der Waals surface area (Å²) in [6.45, 7) is 8.97. The van der Waals surface area contributed by atoms with Gasteiger partial charge in [0.2, 0.25) is 5.76 Å². The smallest absolute Gasteiger partial charge is 0.290 e. The first kappa shape index (κ1) is 22.6. The van der Waals surface area contributed by atoms with Crippen LogP contribution in [0.1, 0.15) is 59.1 Å². The lowest BCUT2D eigenvalue weighted by Crippen LogP contribution is -2.31. The zero-order valence-electron chi connectivity index (χ0n) is 19.2. The third kappa shape index (κ3) is 4.09.